The van der Waals surface area contributed by atoms with E-state index >= 15 is 0 Å². The highest BCUT2D eigenvalue weighted by atomic mass is 35.5. The van der Waals surface area contributed by atoms with Crippen LogP contribution in [0, 0.1) is 0 Å². The Morgan fingerprint density at radius 1 is 1.18 bits per heavy atom. The molecule has 1 aliphatic heterocycles. The number of amides is 1. The summed E-state index contributed by atoms with van der Waals surface area (Å²) in [6.07, 6.45) is 0.890. The number of ether oxygens (including phenoxy) is 2. The number of morpholine rings is 1. The van der Waals surface area contributed by atoms with Crippen LogP contribution in [0.3, 0.4) is 0 Å². The summed E-state index contributed by atoms with van der Waals surface area (Å²) in [5, 5.41) is 3.79. The van der Waals surface area contributed by atoms with Crippen LogP contribution in [0.25, 0.3) is 0 Å². The minimum Gasteiger partial charge on any atom is -0.493 e. The van der Waals surface area contributed by atoms with E-state index in [9.17, 15) is 4.79 Å². The van der Waals surface area contributed by atoms with Crippen molar-refractivity contribution in [2.24, 2.45) is 0 Å². The Morgan fingerprint density at radius 2 is 1.89 bits per heavy atom. The van der Waals surface area contributed by atoms with Crippen molar-refractivity contribution in [3.05, 3.63) is 64.7 Å². The predicted molar refractivity (Wildman–Crippen MR) is 111 cm³/mol. The van der Waals surface area contributed by atoms with Gasteiger partial charge in [0.2, 0.25) is 0 Å². The normalized spacial score (nSPS) is 15.8. The Bertz CT molecular complexity index is 778. The molecule has 5 nitrogen and oxygen atoms in total. The van der Waals surface area contributed by atoms with Crippen molar-refractivity contribution < 1.29 is 14.3 Å². The minimum atomic E-state index is -0.142. The number of carbonyl (C=O) groups excluding carboxylic acids is 1. The van der Waals surface area contributed by atoms with Gasteiger partial charge in [0.15, 0.2) is 0 Å². The Kier molecular flexibility index (Phi) is 7.71. The summed E-state index contributed by atoms with van der Waals surface area (Å²) in [5.41, 5.74) is 1.57. The first-order valence-corrected chi connectivity index (χ1v) is 10.1. The molecule has 0 bridgehead atoms. The standard InChI is InChI=1S/C22H27ClN2O3/c1-2-13-28-21-10-6-4-8-18(21)22(26)24-16-20(25-11-14-27-15-12-25)17-7-3-5-9-19(17)23/h3-10,20H,2,11-16H2,1H3,(H,24,26)/t20-/m0/s1. The van der Waals surface area contributed by atoms with Gasteiger partial charge in [0.05, 0.1) is 31.4 Å². The molecule has 1 atom stereocenters. The van der Waals surface area contributed by atoms with Gasteiger partial charge in [-0.05, 0) is 30.2 Å². The summed E-state index contributed by atoms with van der Waals surface area (Å²) in [6.45, 7) is 6.07. The average Bonchev–Trinajstić information content (AvgIpc) is 2.74. The van der Waals surface area contributed by atoms with Gasteiger partial charge >= 0.3 is 0 Å². The lowest BCUT2D eigenvalue weighted by Gasteiger charge is -2.35. The first kappa shape index (κ1) is 20.6. The molecule has 1 heterocycles. The summed E-state index contributed by atoms with van der Waals surface area (Å²) in [6, 6.07) is 15.1. The van der Waals surface area contributed by atoms with E-state index in [2.05, 4.69) is 10.2 Å². The van der Waals surface area contributed by atoms with Crippen LogP contribution in [0.2, 0.25) is 5.02 Å². The van der Waals surface area contributed by atoms with E-state index in [1.54, 1.807) is 6.07 Å². The molecule has 0 unspecified atom stereocenters. The van der Waals surface area contributed by atoms with Crippen LogP contribution in [0.5, 0.6) is 5.75 Å². The summed E-state index contributed by atoms with van der Waals surface area (Å²) >= 11 is 6.46. The number of para-hydroxylation sites is 1. The fourth-order valence-electron chi connectivity index (χ4n) is 3.35. The van der Waals surface area contributed by atoms with Crippen LogP contribution in [-0.2, 0) is 4.74 Å². The third-order valence-corrected chi connectivity index (χ3v) is 5.14. The number of benzene rings is 2. The molecule has 3 rings (SSSR count). The Balaban J connectivity index is 1.75. The molecule has 28 heavy (non-hydrogen) atoms. The van der Waals surface area contributed by atoms with Gasteiger partial charge in [-0.3, -0.25) is 9.69 Å². The molecule has 0 saturated carbocycles. The first-order chi connectivity index (χ1) is 13.7. The molecule has 6 heteroatoms. The van der Waals surface area contributed by atoms with E-state index in [1.807, 2.05) is 49.4 Å². The van der Waals surface area contributed by atoms with E-state index in [0.717, 1.165) is 25.1 Å². The molecule has 1 aliphatic rings. The Morgan fingerprint density at radius 3 is 2.64 bits per heavy atom. The summed E-state index contributed by atoms with van der Waals surface area (Å²) in [4.78, 5) is 15.2. The largest absolute Gasteiger partial charge is 0.493 e. The van der Waals surface area contributed by atoms with Crippen LogP contribution in [0.1, 0.15) is 35.3 Å². The quantitative estimate of drug-likeness (QED) is 0.726. The van der Waals surface area contributed by atoms with Gasteiger partial charge in [0.25, 0.3) is 5.91 Å². The highest BCUT2D eigenvalue weighted by Crippen LogP contribution is 2.28. The van der Waals surface area contributed by atoms with Crippen LogP contribution in [0.15, 0.2) is 48.5 Å². The number of halogens is 1. The average molecular weight is 403 g/mol. The zero-order chi connectivity index (χ0) is 19.8. The van der Waals surface area contributed by atoms with Crippen LogP contribution >= 0.6 is 11.6 Å². The number of nitrogens with one attached hydrogen (secondary N) is 1. The van der Waals surface area contributed by atoms with E-state index in [-0.39, 0.29) is 11.9 Å². The second kappa shape index (κ2) is 10.5. The Labute approximate surface area is 171 Å². The molecule has 2 aromatic carbocycles. The van der Waals surface area contributed by atoms with Crippen molar-refractivity contribution in [2.45, 2.75) is 19.4 Å². The topological polar surface area (TPSA) is 50.8 Å². The van der Waals surface area contributed by atoms with Crippen molar-refractivity contribution in [3.63, 3.8) is 0 Å². The van der Waals surface area contributed by atoms with Crippen molar-refractivity contribution in [3.8, 4) is 5.75 Å². The summed E-state index contributed by atoms with van der Waals surface area (Å²) in [5.74, 6) is 0.472. The smallest absolute Gasteiger partial charge is 0.255 e. The molecular formula is C22H27ClN2O3. The molecule has 0 aliphatic carbocycles. The third kappa shape index (κ3) is 5.25. The zero-order valence-electron chi connectivity index (χ0n) is 16.2. The first-order valence-electron chi connectivity index (χ1n) is 9.77. The van der Waals surface area contributed by atoms with Gasteiger partial charge in [-0.25, -0.2) is 0 Å². The van der Waals surface area contributed by atoms with Crippen molar-refractivity contribution in [1.29, 1.82) is 0 Å². The second-order valence-corrected chi connectivity index (χ2v) is 7.15. The van der Waals surface area contributed by atoms with E-state index in [1.165, 1.54) is 0 Å². The minimum absolute atomic E-state index is 0.00901. The second-order valence-electron chi connectivity index (χ2n) is 6.74. The van der Waals surface area contributed by atoms with Gasteiger partial charge in [-0.1, -0.05) is 48.9 Å². The third-order valence-electron chi connectivity index (χ3n) is 4.80. The molecular weight excluding hydrogens is 376 g/mol. The molecule has 1 N–H and O–H groups in total. The number of carbonyl (C=O) groups is 1. The van der Waals surface area contributed by atoms with Gasteiger partial charge in [-0.2, -0.15) is 0 Å². The van der Waals surface area contributed by atoms with Crippen LogP contribution < -0.4 is 10.1 Å². The SMILES string of the molecule is CCCOc1ccccc1C(=O)NC[C@@H](c1ccccc1Cl)N1CCOCC1. The lowest BCUT2D eigenvalue weighted by molar-refractivity contribution is 0.0162. The van der Waals surface area contributed by atoms with Crippen molar-refractivity contribution >= 4 is 17.5 Å². The van der Waals surface area contributed by atoms with Crippen LogP contribution in [-0.4, -0.2) is 50.3 Å². The Hall–Kier alpha value is -2.08. The fraction of sp³-hybridized carbons (Fsp3) is 0.409. The molecule has 0 spiro atoms. The molecule has 0 aromatic heterocycles. The molecule has 0 radical (unpaired) electrons. The van der Waals surface area contributed by atoms with Crippen molar-refractivity contribution in [1.82, 2.24) is 10.2 Å². The van der Waals surface area contributed by atoms with Gasteiger partial charge in [0.1, 0.15) is 5.75 Å². The lowest BCUT2D eigenvalue weighted by atomic mass is 10.0. The molecule has 1 fully saturated rings. The number of hydrogen-bond acceptors (Lipinski definition) is 4. The molecule has 150 valence electrons. The maximum Gasteiger partial charge on any atom is 0.255 e. The molecule has 1 saturated heterocycles. The number of rotatable bonds is 8. The monoisotopic (exact) mass is 402 g/mol. The maximum absolute atomic E-state index is 12.9. The highest BCUT2D eigenvalue weighted by molar-refractivity contribution is 6.31. The highest BCUT2D eigenvalue weighted by Gasteiger charge is 2.25. The fourth-order valence-corrected chi connectivity index (χ4v) is 3.61. The number of nitrogens with zero attached hydrogens (tertiary/aromatic N) is 1. The maximum atomic E-state index is 12.9. The predicted octanol–water partition coefficient (Wildman–Crippen LogP) is 3.93. The van der Waals surface area contributed by atoms with Gasteiger partial charge in [0, 0.05) is 24.7 Å². The lowest BCUT2D eigenvalue weighted by Crippen LogP contribution is -2.44. The zero-order valence-corrected chi connectivity index (χ0v) is 17.0. The van der Waals surface area contributed by atoms with Gasteiger partial charge in [-0.15, -0.1) is 0 Å². The molecule has 1 amide bonds. The van der Waals surface area contributed by atoms with Gasteiger partial charge < -0.3 is 14.8 Å². The van der Waals surface area contributed by atoms with E-state index in [4.69, 9.17) is 21.1 Å². The van der Waals surface area contributed by atoms with E-state index < -0.39 is 0 Å². The summed E-state index contributed by atoms with van der Waals surface area (Å²) < 4.78 is 11.2. The van der Waals surface area contributed by atoms with Crippen LogP contribution in [0.4, 0.5) is 0 Å². The summed E-state index contributed by atoms with van der Waals surface area (Å²) in [7, 11) is 0. The van der Waals surface area contributed by atoms with E-state index in [0.29, 0.717) is 42.7 Å². The van der Waals surface area contributed by atoms with Crippen molar-refractivity contribution in [2.75, 3.05) is 39.5 Å². The molecule has 2 aromatic rings. The number of hydrogen-bond donors (Lipinski definition) is 1.